The van der Waals surface area contributed by atoms with Crippen molar-refractivity contribution in [2.24, 2.45) is 5.41 Å². The predicted octanol–water partition coefficient (Wildman–Crippen LogP) is 4.83. The lowest BCUT2D eigenvalue weighted by Gasteiger charge is -2.25. The number of hydrogen-bond acceptors (Lipinski definition) is 0. The lowest BCUT2D eigenvalue weighted by atomic mass is 9.83. The number of benzene rings is 1. The highest BCUT2D eigenvalue weighted by Gasteiger charge is 2.22. The number of halogens is 3. The van der Waals surface area contributed by atoms with Gasteiger partial charge in [-0.25, -0.2) is 4.39 Å². The second-order valence-electron chi connectivity index (χ2n) is 4.21. The normalized spacial score (nSPS) is 15.0. The summed E-state index contributed by atoms with van der Waals surface area (Å²) in [4.78, 5) is 0. The van der Waals surface area contributed by atoms with Crippen LogP contribution in [0.1, 0.15) is 25.8 Å². The van der Waals surface area contributed by atoms with Crippen LogP contribution in [0, 0.1) is 11.2 Å². The van der Waals surface area contributed by atoms with E-state index in [-0.39, 0.29) is 11.2 Å². The van der Waals surface area contributed by atoms with E-state index in [9.17, 15) is 4.39 Å². The predicted molar refractivity (Wildman–Crippen MR) is 67.3 cm³/mol. The third kappa shape index (κ3) is 3.46. The zero-order valence-corrected chi connectivity index (χ0v) is 11.3. The van der Waals surface area contributed by atoms with Gasteiger partial charge >= 0.3 is 0 Å². The molecular formula is C12H15BrClF. The molecule has 0 amide bonds. The second kappa shape index (κ2) is 5.31. The van der Waals surface area contributed by atoms with Crippen LogP contribution >= 0.6 is 27.5 Å². The molecule has 0 saturated carbocycles. The van der Waals surface area contributed by atoms with Crippen LogP contribution < -0.4 is 0 Å². The molecule has 0 bridgehead atoms. The molecule has 84 valence electrons. The molecule has 0 aromatic heterocycles. The SMILES string of the molecule is CCC(C)(CBr)Cc1ccc(Cl)cc1F. The minimum absolute atomic E-state index is 0.106. The van der Waals surface area contributed by atoms with Gasteiger partial charge in [0.15, 0.2) is 0 Å². The summed E-state index contributed by atoms with van der Waals surface area (Å²) in [5.74, 6) is -0.205. The minimum Gasteiger partial charge on any atom is -0.207 e. The molecule has 1 atom stereocenters. The van der Waals surface area contributed by atoms with Gasteiger partial charge in [0.2, 0.25) is 0 Å². The first kappa shape index (κ1) is 13.0. The van der Waals surface area contributed by atoms with Gasteiger partial charge in [0.1, 0.15) is 5.82 Å². The summed E-state index contributed by atoms with van der Waals surface area (Å²) in [6.45, 7) is 4.27. The molecule has 0 aliphatic heterocycles. The van der Waals surface area contributed by atoms with Crippen LogP contribution in [0.2, 0.25) is 5.02 Å². The Kier molecular flexibility index (Phi) is 4.60. The van der Waals surface area contributed by atoms with Crippen LogP contribution in [0.5, 0.6) is 0 Å². The van der Waals surface area contributed by atoms with Gasteiger partial charge in [0, 0.05) is 10.4 Å². The maximum absolute atomic E-state index is 13.6. The zero-order chi connectivity index (χ0) is 11.5. The summed E-state index contributed by atoms with van der Waals surface area (Å²) >= 11 is 9.19. The summed E-state index contributed by atoms with van der Waals surface area (Å²) in [7, 11) is 0. The van der Waals surface area contributed by atoms with Crippen molar-refractivity contribution in [1.82, 2.24) is 0 Å². The largest absolute Gasteiger partial charge is 0.207 e. The molecule has 0 nitrogen and oxygen atoms in total. The minimum atomic E-state index is -0.205. The Hall–Kier alpha value is -0.0800. The Morgan fingerprint density at radius 1 is 1.47 bits per heavy atom. The smallest absolute Gasteiger partial charge is 0.127 e. The Morgan fingerprint density at radius 2 is 2.13 bits per heavy atom. The molecule has 0 spiro atoms. The summed E-state index contributed by atoms with van der Waals surface area (Å²) < 4.78 is 13.6. The van der Waals surface area contributed by atoms with E-state index < -0.39 is 0 Å². The van der Waals surface area contributed by atoms with Crippen LogP contribution in [0.25, 0.3) is 0 Å². The van der Waals surface area contributed by atoms with E-state index in [2.05, 4.69) is 29.8 Å². The van der Waals surface area contributed by atoms with E-state index in [1.54, 1.807) is 12.1 Å². The highest BCUT2D eigenvalue weighted by atomic mass is 79.9. The van der Waals surface area contributed by atoms with Gasteiger partial charge in [0.05, 0.1) is 0 Å². The lowest BCUT2D eigenvalue weighted by molar-refractivity contribution is 0.355. The monoisotopic (exact) mass is 292 g/mol. The summed E-state index contributed by atoms with van der Waals surface area (Å²) in [6, 6.07) is 4.89. The van der Waals surface area contributed by atoms with Gasteiger partial charge in [-0.1, -0.05) is 47.4 Å². The summed E-state index contributed by atoms with van der Waals surface area (Å²) in [5.41, 5.74) is 0.845. The molecule has 15 heavy (non-hydrogen) atoms. The fraction of sp³-hybridized carbons (Fsp3) is 0.500. The maximum Gasteiger partial charge on any atom is 0.127 e. The summed E-state index contributed by atoms with van der Waals surface area (Å²) in [6.07, 6.45) is 1.75. The fourth-order valence-electron chi connectivity index (χ4n) is 1.39. The van der Waals surface area contributed by atoms with Crippen LogP contribution in [-0.2, 0) is 6.42 Å². The van der Waals surface area contributed by atoms with Gasteiger partial charge in [-0.2, -0.15) is 0 Å². The first-order chi connectivity index (χ1) is 7.00. The molecule has 1 aromatic carbocycles. The molecule has 1 rings (SSSR count). The van der Waals surface area contributed by atoms with E-state index in [0.717, 1.165) is 23.7 Å². The molecule has 0 saturated heterocycles. The third-order valence-corrected chi connectivity index (χ3v) is 4.40. The average molecular weight is 294 g/mol. The molecule has 0 heterocycles. The van der Waals surface area contributed by atoms with Crippen molar-refractivity contribution in [2.75, 3.05) is 5.33 Å². The Bertz CT molecular complexity index is 334. The number of hydrogen-bond donors (Lipinski definition) is 0. The van der Waals surface area contributed by atoms with Crippen LogP contribution in [0.3, 0.4) is 0 Å². The molecular weight excluding hydrogens is 278 g/mol. The fourth-order valence-corrected chi connectivity index (χ4v) is 2.15. The molecule has 3 heteroatoms. The molecule has 0 N–H and O–H groups in total. The number of alkyl halides is 1. The van der Waals surface area contributed by atoms with E-state index in [1.807, 2.05) is 0 Å². The van der Waals surface area contributed by atoms with Gasteiger partial charge in [-0.15, -0.1) is 0 Å². The molecule has 0 aliphatic carbocycles. The molecule has 1 unspecified atom stereocenters. The van der Waals surface area contributed by atoms with E-state index in [4.69, 9.17) is 11.6 Å². The Morgan fingerprint density at radius 3 is 2.60 bits per heavy atom. The van der Waals surface area contributed by atoms with E-state index in [1.165, 1.54) is 6.07 Å². The quantitative estimate of drug-likeness (QED) is 0.697. The van der Waals surface area contributed by atoms with Crippen molar-refractivity contribution in [2.45, 2.75) is 26.7 Å². The average Bonchev–Trinajstić information content (AvgIpc) is 2.22. The Balaban J connectivity index is 2.89. The van der Waals surface area contributed by atoms with Gasteiger partial charge in [-0.3, -0.25) is 0 Å². The van der Waals surface area contributed by atoms with Crippen LogP contribution in [0.4, 0.5) is 4.39 Å². The zero-order valence-electron chi connectivity index (χ0n) is 8.99. The second-order valence-corrected chi connectivity index (χ2v) is 5.21. The van der Waals surface area contributed by atoms with E-state index in [0.29, 0.717) is 5.02 Å². The standard InChI is InChI=1S/C12H15BrClF/c1-3-12(2,8-13)7-9-4-5-10(14)6-11(9)15/h4-6H,3,7-8H2,1-2H3. The molecule has 0 aliphatic rings. The number of rotatable bonds is 4. The molecule has 1 aromatic rings. The van der Waals surface area contributed by atoms with Crippen LogP contribution in [0.15, 0.2) is 18.2 Å². The molecule has 0 radical (unpaired) electrons. The first-order valence-corrected chi connectivity index (χ1v) is 6.50. The maximum atomic E-state index is 13.6. The summed E-state index contributed by atoms with van der Waals surface area (Å²) in [5, 5.41) is 1.33. The van der Waals surface area contributed by atoms with Crippen molar-refractivity contribution in [3.63, 3.8) is 0 Å². The molecule has 0 fully saturated rings. The van der Waals surface area contributed by atoms with Gasteiger partial charge in [-0.05, 0) is 36.0 Å². The van der Waals surface area contributed by atoms with Gasteiger partial charge < -0.3 is 0 Å². The highest BCUT2D eigenvalue weighted by Crippen LogP contribution is 2.30. The van der Waals surface area contributed by atoms with Crippen molar-refractivity contribution in [3.05, 3.63) is 34.6 Å². The third-order valence-electron chi connectivity index (χ3n) is 2.81. The van der Waals surface area contributed by atoms with Crippen molar-refractivity contribution < 1.29 is 4.39 Å². The van der Waals surface area contributed by atoms with Crippen LogP contribution in [-0.4, -0.2) is 5.33 Å². The van der Waals surface area contributed by atoms with Crippen molar-refractivity contribution in [3.8, 4) is 0 Å². The first-order valence-electron chi connectivity index (χ1n) is 5.00. The lowest BCUT2D eigenvalue weighted by Crippen LogP contribution is -2.20. The Labute approximate surface area is 104 Å². The van der Waals surface area contributed by atoms with Gasteiger partial charge in [0.25, 0.3) is 0 Å². The van der Waals surface area contributed by atoms with Crippen molar-refractivity contribution >= 4 is 27.5 Å². The topological polar surface area (TPSA) is 0 Å². The van der Waals surface area contributed by atoms with E-state index >= 15 is 0 Å². The van der Waals surface area contributed by atoms with Crippen molar-refractivity contribution in [1.29, 1.82) is 0 Å². The highest BCUT2D eigenvalue weighted by molar-refractivity contribution is 9.09.